The van der Waals surface area contributed by atoms with Crippen LogP contribution in [-0.4, -0.2) is 33.2 Å². The zero-order valence-corrected chi connectivity index (χ0v) is 13.3. The lowest BCUT2D eigenvalue weighted by Crippen LogP contribution is -2.43. The van der Waals surface area contributed by atoms with Gasteiger partial charge in [0.05, 0.1) is 23.9 Å². The summed E-state index contributed by atoms with van der Waals surface area (Å²) < 4.78 is 32.7. The molecule has 1 aromatic heterocycles. The predicted octanol–water partition coefficient (Wildman–Crippen LogP) is 1.72. The number of hydrogen-bond acceptors (Lipinski definition) is 5. The van der Waals surface area contributed by atoms with Crippen molar-refractivity contribution < 1.29 is 13.2 Å². The highest BCUT2D eigenvalue weighted by atomic mass is 32.2. The third-order valence-corrected chi connectivity index (χ3v) is 5.59. The molecule has 0 N–H and O–H groups in total. The van der Waals surface area contributed by atoms with Crippen LogP contribution in [0.4, 0.5) is 5.69 Å². The van der Waals surface area contributed by atoms with E-state index in [1.54, 1.807) is 19.2 Å². The standard InChI is InChI=1S/C16H15N3O3S/c1-22-14-7-13-4-2-3-5-16(13)19(11-14)23(20,21)15-6-12(8-17)9-18-10-15/h2-6,9-10,14H,7,11H2,1H3/t14-/m0/s1. The van der Waals surface area contributed by atoms with Crippen LogP contribution in [0, 0.1) is 11.3 Å². The van der Waals surface area contributed by atoms with Gasteiger partial charge in [-0.3, -0.25) is 9.29 Å². The van der Waals surface area contributed by atoms with Crippen LogP contribution in [0.3, 0.4) is 0 Å². The molecule has 0 amide bonds. The number of sulfonamides is 1. The molecule has 0 bridgehead atoms. The molecule has 3 rings (SSSR count). The van der Waals surface area contributed by atoms with E-state index >= 15 is 0 Å². The van der Waals surface area contributed by atoms with E-state index < -0.39 is 10.0 Å². The molecule has 0 radical (unpaired) electrons. The predicted molar refractivity (Wildman–Crippen MR) is 84.4 cm³/mol. The van der Waals surface area contributed by atoms with E-state index in [1.165, 1.54) is 22.8 Å². The fourth-order valence-corrected chi connectivity index (χ4v) is 4.18. The quantitative estimate of drug-likeness (QED) is 0.856. The Balaban J connectivity index is 2.10. The Bertz CT molecular complexity index is 874. The van der Waals surface area contributed by atoms with Crippen LogP contribution in [0.2, 0.25) is 0 Å². The fraction of sp³-hybridized carbons (Fsp3) is 0.250. The van der Waals surface area contributed by atoms with E-state index in [4.69, 9.17) is 10.00 Å². The van der Waals surface area contributed by atoms with Gasteiger partial charge in [-0.1, -0.05) is 18.2 Å². The van der Waals surface area contributed by atoms with Crippen molar-refractivity contribution in [1.29, 1.82) is 5.26 Å². The highest BCUT2D eigenvalue weighted by Crippen LogP contribution is 2.32. The van der Waals surface area contributed by atoms with Gasteiger partial charge in [0.2, 0.25) is 0 Å². The van der Waals surface area contributed by atoms with E-state index in [0.717, 1.165) is 5.56 Å². The molecule has 6 nitrogen and oxygen atoms in total. The van der Waals surface area contributed by atoms with Gasteiger partial charge in [-0.05, 0) is 17.7 Å². The number of aromatic nitrogens is 1. The lowest BCUT2D eigenvalue weighted by atomic mass is 10.0. The summed E-state index contributed by atoms with van der Waals surface area (Å²) in [5.74, 6) is 0. The summed E-state index contributed by atoms with van der Waals surface area (Å²) in [6, 6.07) is 10.6. The van der Waals surface area contributed by atoms with Crippen molar-refractivity contribution in [1.82, 2.24) is 4.98 Å². The number of para-hydroxylation sites is 1. The third-order valence-electron chi connectivity index (χ3n) is 3.84. The van der Waals surface area contributed by atoms with Crippen molar-refractivity contribution >= 4 is 15.7 Å². The van der Waals surface area contributed by atoms with E-state index in [-0.39, 0.29) is 23.1 Å². The molecule has 0 spiro atoms. The second-order valence-corrected chi connectivity index (χ2v) is 7.11. The summed E-state index contributed by atoms with van der Waals surface area (Å²) in [5.41, 5.74) is 1.77. The van der Waals surface area contributed by atoms with Crippen LogP contribution in [0.15, 0.2) is 47.6 Å². The van der Waals surface area contributed by atoms with E-state index in [1.807, 2.05) is 18.2 Å². The average Bonchev–Trinajstić information content (AvgIpc) is 2.60. The summed E-state index contributed by atoms with van der Waals surface area (Å²) in [6.07, 6.45) is 3.04. The Morgan fingerprint density at radius 2 is 2.13 bits per heavy atom. The first-order valence-electron chi connectivity index (χ1n) is 7.05. The molecule has 23 heavy (non-hydrogen) atoms. The van der Waals surface area contributed by atoms with Crippen molar-refractivity contribution in [2.45, 2.75) is 17.4 Å². The number of anilines is 1. The molecule has 7 heteroatoms. The number of fused-ring (bicyclic) bond motifs is 1. The Hall–Kier alpha value is -2.43. The highest BCUT2D eigenvalue weighted by Gasteiger charge is 2.33. The molecule has 1 aliphatic heterocycles. The Kier molecular flexibility index (Phi) is 4.03. The van der Waals surface area contributed by atoms with Crippen LogP contribution in [-0.2, 0) is 21.2 Å². The topological polar surface area (TPSA) is 83.3 Å². The minimum Gasteiger partial charge on any atom is -0.379 e. The van der Waals surface area contributed by atoms with Crippen LogP contribution in [0.25, 0.3) is 0 Å². The zero-order valence-electron chi connectivity index (χ0n) is 12.5. The molecule has 1 atom stereocenters. The number of ether oxygens (including phenoxy) is 1. The fourth-order valence-electron chi connectivity index (χ4n) is 2.65. The smallest absolute Gasteiger partial charge is 0.265 e. The molecule has 0 aliphatic carbocycles. The summed E-state index contributed by atoms with van der Waals surface area (Å²) in [6.45, 7) is 0.229. The Morgan fingerprint density at radius 1 is 1.35 bits per heavy atom. The minimum atomic E-state index is -3.81. The molecular weight excluding hydrogens is 314 g/mol. The number of methoxy groups -OCH3 is 1. The molecule has 0 fully saturated rings. The Labute approximate surface area is 135 Å². The zero-order chi connectivity index (χ0) is 16.4. The van der Waals surface area contributed by atoms with Gasteiger partial charge in [-0.2, -0.15) is 5.26 Å². The largest absolute Gasteiger partial charge is 0.379 e. The van der Waals surface area contributed by atoms with E-state index in [0.29, 0.717) is 12.1 Å². The number of nitrogens with zero attached hydrogens (tertiary/aromatic N) is 3. The highest BCUT2D eigenvalue weighted by molar-refractivity contribution is 7.92. The monoisotopic (exact) mass is 329 g/mol. The summed E-state index contributed by atoms with van der Waals surface area (Å²) in [7, 11) is -2.24. The molecular formula is C16H15N3O3S. The number of rotatable bonds is 3. The first-order chi connectivity index (χ1) is 11.1. The average molecular weight is 329 g/mol. The SMILES string of the molecule is CO[C@H]1Cc2ccccc2N(S(=O)(=O)c2cncc(C#N)c2)C1. The number of pyridine rings is 1. The lowest BCUT2D eigenvalue weighted by molar-refractivity contribution is 0.108. The number of benzene rings is 1. The first-order valence-corrected chi connectivity index (χ1v) is 8.49. The molecule has 0 unspecified atom stereocenters. The van der Waals surface area contributed by atoms with Gasteiger partial charge in [0.15, 0.2) is 0 Å². The summed E-state index contributed by atoms with van der Waals surface area (Å²) >= 11 is 0. The Morgan fingerprint density at radius 3 is 2.87 bits per heavy atom. The van der Waals surface area contributed by atoms with Gasteiger partial charge >= 0.3 is 0 Å². The van der Waals surface area contributed by atoms with Crippen molar-refractivity contribution in [3.63, 3.8) is 0 Å². The maximum atomic E-state index is 13.0. The second-order valence-electron chi connectivity index (χ2n) is 5.25. The van der Waals surface area contributed by atoms with Gasteiger partial charge in [0, 0.05) is 25.9 Å². The van der Waals surface area contributed by atoms with Crippen LogP contribution in [0.1, 0.15) is 11.1 Å². The molecule has 2 heterocycles. The molecule has 0 saturated heterocycles. The number of hydrogen-bond donors (Lipinski definition) is 0. The molecule has 2 aromatic rings. The summed E-state index contributed by atoms with van der Waals surface area (Å²) in [4.78, 5) is 3.86. The molecule has 1 aromatic carbocycles. The maximum absolute atomic E-state index is 13.0. The van der Waals surface area contributed by atoms with Gasteiger partial charge < -0.3 is 4.74 Å². The van der Waals surface area contributed by atoms with E-state index in [2.05, 4.69) is 4.98 Å². The second kappa shape index (κ2) is 5.99. The third kappa shape index (κ3) is 2.79. The molecule has 118 valence electrons. The van der Waals surface area contributed by atoms with Gasteiger partial charge in [0.25, 0.3) is 10.0 Å². The van der Waals surface area contributed by atoms with Gasteiger partial charge in [-0.15, -0.1) is 0 Å². The normalized spacial score (nSPS) is 17.4. The van der Waals surface area contributed by atoms with Gasteiger partial charge in [-0.25, -0.2) is 8.42 Å². The maximum Gasteiger partial charge on any atom is 0.265 e. The minimum absolute atomic E-state index is 0.00288. The first kappa shape index (κ1) is 15.5. The van der Waals surface area contributed by atoms with Crippen molar-refractivity contribution in [3.8, 4) is 6.07 Å². The molecule has 0 saturated carbocycles. The van der Waals surface area contributed by atoms with Crippen LogP contribution < -0.4 is 4.31 Å². The lowest BCUT2D eigenvalue weighted by Gasteiger charge is -2.34. The van der Waals surface area contributed by atoms with Crippen LogP contribution in [0.5, 0.6) is 0 Å². The van der Waals surface area contributed by atoms with E-state index in [9.17, 15) is 8.42 Å². The van der Waals surface area contributed by atoms with Crippen molar-refractivity contribution in [2.24, 2.45) is 0 Å². The van der Waals surface area contributed by atoms with Gasteiger partial charge in [0.1, 0.15) is 11.0 Å². The molecule has 1 aliphatic rings. The number of nitriles is 1. The van der Waals surface area contributed by atoms with Crippen molar-refractivity contribution in [2.75, 3.05) is 18.0 Å². The van der Waals surface area contributed by atoms with Crippen molar-refractivity contribution in [3.05, 3.63) is 53.9 Å². The van der Waals surface area contributed by atoms with Crippen LogP contribution >= 0.6 is 0 Å². The summed E-state index contributed by atoms with van der Waals surface area (Å²) in [5, 5.41) is 8.96.